The number of carbonyl (C=O) groups excluding carboxylic acids is 3. The lowest BCUT2D eigenvalue weighted by molar-refractivity contribution is -0.147. The molecule has 11 heteroatoms. The molecule has 1 N–H and O–H groups in total. The summed E-state index contributed by atoms with van der Waals surface area (Å²) in [6.45, 7) is 17.0. The number of carbonyl (C=O) groups is 3. The normalized spacial score (nSPS) is 18.4. The fourth-order valence-corrected chi connectivity index (χ4v) is 7.25. The van der Waals surface area contributed by atoms with Crippen molar-refractivity contribution < 1.29 is 23.9 Å². The number of piperidine rings is 1. The molecule has 0 bridgehead atoms. The highest BCUT2D eigenvalue weighted by molar-refractivity contribution is 5.85. The molecule has 3 amide bonds. The molecule has 51 heavy (non-hydrogen) atoms. The van der Waals surface area contributed by atoms with Crippen LogP contribution in [0, 0.1) is 19.8 Å². The highest BCUT2D eigenvalue weighted by Crippen LogP contribution is 2.34. The zero-order valence-electron chi connectivity index (χ0n) is 31.3. The van der Waals surface area contributed by atoms with Gasteiger partial charge in [-0.15, -0.1) is 0 Å². The molecule has 11 nitrogen and oxygen atoms in total. The Hall–Kier alpha value is -4.54. The van der Waals surface area contributed by atoms with E-state index in [9.17, 15) is 14.4 Å². The van der Waals surface area contributed by atoms with E-state index in [-0.39, 0.29) is 23.8 Å². The van der Waals surface area contributed by atoms with Crippen molar-refractivity contribution in [1.29, 1.82) is 0 Å². The molecule has 1 atom stereocenters. The van der Waals surface area contributed by atoms with Gasteiger partial charge in [0.05, 0.1) is 11.6 Å². The molecular formula is C40H54N6O5. The van der Waals surface area contributed by atoms with Crippen molar-refractivity contribution in [3.8, 4) is 16.9 Å². The summed E-state index contributed by atoms with van der Waals surface area (Å²) in [5.41, 5.74) is 4.76. The number of rotatable bonds is 9. The summed E-state index contributed by atoms with van der Waals surface area (Å²) in [4.78, 5) is 48.0. The molecule has 1 aliphatic carbocycles. The number of ether oxygens (including phenoxy) is 2. The third-order valence-electron chi connectivity index (χ3n) is 10.1. The molecule has 3 heterocycles. The standard InChI is InChI=1S/C40H54N6O5/c1-27-35(28(2)42-41-27)30-15-13-29(14-16-30)25-46(32-17-18-32)36(47)31-10-9-19-45(26-31)33-11-8-12-34(24-33)50-40(6,7)37(48)43-20-22-44(23-21-43)38(49)51-39(3,4)5/h8,11-16,24,31-32H,9-10,17-23,25-26H2,1-7H3,(H,41,42)/t31-/m1/s1. The molecule has 3 aromatic rings. The lowest BCUT2D eigenvalue weighted by Gasteiger charge is -2.39. The van der Waals surface area contributed by atoms with Gasteiger partial charge in [0.25, 0.3) is 5.91 Å². The first-order valence-electron chi connectivity index (χ1n) is 18.4. The van der Waals surface area contributed by atoms with Gasteiger partial charge in [-0.3, -0.25) is 14.7 Å². The summed E-state index contributed by atoms with van der Waals surface area (Å²) in [7, 11) is 0. The van der Waals surface area contributed by atoms with E-state index in [0.717, 1.165) is 66.0 Å². The molecule has 0 radical (unpaired) electrons. The van der Waals surface area contributed by atoms with E-state index in [2.05, 4.69) is 44.3 Å². The Morgan fingerprint density at radius 3 is 2.22 bits per heavy atom. The number of hydrogen-bond donors (Lipinski definition) is 1. The van der Waals surface area contributed by atoms with Gasteiger partial charge in [0.1, 0.15) is 11.4 Å². The van der Waals surface area contributed by atoms with E-state index in [1.54, 1.807) is 23.6 Å². The highest BCUT2D eigenvalue weighted by Gasteiger charge is 2.39. The SMILES string of the molecule is Cc1n[nH]c(C)c1-c1ccc(CN(C(=O)[C@@H]2CCCN(c3cccc(OC(C)(C)C(=O)N4CCN(C(=O)OC(C)(C)C)CC4)c3)C2)C2CC2)cc1. The van der Waals surface area contributed by atoms with Crippen LogP contribution in [0.3, 0.4) is 0 Å². The lowest BCUT2D eigenvalue weighted by atomic mass is 9.95. The number of benzene rings is 2. The van der Waals surface area contributed by atoms with Gasteiger partial charge in [0.15, 0.2) is 5.60 Å². The van der Waals surface area contributed by atoms with Crippen LogP contribution in [0.4, 0.5) is 10.5 Å². The van der Waals surface area contributed by atoms with Crippen LogP contribution in [0.2, 0.25) is 0 Å². The second-order valence-electron chi connectivity index (χ2n) is 15.9. The van der Waals surface area contributed by atoms with Crippen LogP contribution in [0.1, 0.15) is 77.3 Å². The first-order valence-corrected chi connectivity index (χ1v) is 18.4. The predicted octanol–water partition coefficient (Wildman–Crippen LogP) is 6.34. The summed E-state index contributed by atoms with van der Waals surface area (Å²) in [5, 5.41) is 7.41. The zero-order chi connectivity index (χ0) is 36.5. The van der Waals surface area contributed by atoms with Gasteiger partial charge in [-0.25, -0.2) is 4.79 Å². The van der Waals surface area contributed by atoms with Gasteiger partial charge in [0, 0.05) is 74.9 Å². The maximum absolute atomic E-state index is 14.1. The Balaban J connectivity index is 1.06. The fraction of sp³-hybridized carbons (Fsp3) is 0.550. The van der Waals surface area contributed by atoms with Crippen molar-refractivity contribution in [3.05, 3.63) is 65.5 Å². The topological polar surface area (TPSA) is 111 Å². The first kappa shape index (κ1) is 36.3. The van der Waals surface area contributed by atoms with Crippen molar-refractivity contribution >= 4 is 23.6 Å². The van der Waals surface area contributed by atoms with E-state index in [1.165, 1.54) is 0 Å². The van der Waals surface area contributed by atoms with Crippen LogP contribution in [0.5, 0.6) is 5.75 Å². The number of nitrogens with zero attached hydrogens (tertiary/aromatic N) is 5. The fourth-order valence-electron chi connectivity index (χ4n) is 7.25. The minimum atomic E-state index is -1.10. The van der Waals surface area contributed by atoms with Crippen molar-refractivity contribution in [1.82, 2.24) is 24.9 Å². The first-order chi connectivity index (χ1) is 24.2. The van der Waals surface area contributed by atoms with Gasteiger partial charge >= 0.3 is 6.09 Å². The molecule has 274 valence electrons. The molecule has 0 unspecified atom stereocenters. The smallest absolute Gasteiger partial charge is 0.410 e. The minimum Gasteiger partial charge on any atom is -0.478 e. The van der Waals surface area contributed by atoms with Gasteiger partial charge in [0.2, 0.25) is 5.91 Å². The third-order valence-corrected chi connectivity index (χ3v) is 10.1. The summed E-state index contributed by atoms with van der Waals surface area (Å²) in [6, 6.07) is 16.7. The number of aromatic amines is 1. The van der Waals surface area contributed by atoms with Gasteiger partial charge < -0.3 is 29.1 Å². The van der Waals surface area contributed by atoms with E-state index < -0.39 is 11.2 Å². The summed E-state index contributed by atoms with van der Waals surface area (Å²) in [6.07, 6.45) is 3.56. The number of nitrogens with one attached hydrogen (secondary N) is 1. The van der Waals surface area contributed by atoms with Crippen molar-refractivity contribution in [2.24, 2.45) is 5.92 Å². The quantitative estimate of drug-likeness (QED) is 0.278. The molecule has 2 saturated heterocycles. The number of H-pyrrole nitrogens is 1. The number of aromatic nitrogens is 2. The number of piperazine rings is 1. The Kier molecular flexibility index (Phi) is 10.4. The average molecular weight is 699 g/mol. The zero-order valence-corrected chi connectivity index (χ0v) is 31.3. The van der Waals surface area contributed by atoms with Gasteiger partial charge in [-0.05, 0) is 97.4 Å². The number of aryl methyl sites for hydroxylation is 2. The highest BCUT2D eigenvalue weighted by atomic mass is 16.6. The molecule has 3 fully saturated rings. The molecule has 6 rings (SSSR count). The number of anilines is 1. The summed E-state index contributed by atoms with van der Waals surface area (Å²) >= 11 is 0. The monoisotopic (exact) mass is 698 g/mol. The average Bonchev–Trinajstić information content (AvgIpc) is 3.89. The van der Waals surface area contributed by atoms with Crippen LogP contribution in [-0.2, 0) is 20.9 Å². The minimum absolute atomic E-state index is 0.0863. The second-order valence-corrected chi connectivity index (χ2v) is 15.9. The Morgan fingerprint density at radius 2 is 1.59 bits per heavy atom. The Bertz CT molecular complexity index is 1700. The van der Waals surface area contributed by atoms with Crippen LogP contribution in [-0.4, -0.2) is 99.3 Å². The van der Waals surface area contributed by atoms with Gasteiger partial charge in [-0.1, -0.05) is 30.3 Å². The molecule has 2 aromatic carbocycles. The van der Waals surface area contributed by atoms with Crippen molar-refractivity contribution in [2.75, 3.05) is 44.2 Å². The maximum Gasteiger partial charge on any atom is 0.410 e. The third kappa shape index (κ3) is 8.68. The molecule has 2 aliphatic heterocycles. The van der Waals surface area contributed by atoms with Crippen molar-refractivity contribution in [3.63, 3.8) is 0 Å². The molecule has 1 saturated carbocycles. The van der Waals surface area contributed by atoms with Crippen LogP contribution < -0.4 is 9.64 Å². The molecular weight excluding hydrogens is 644 g/mol. The molecule has 0 spiro atoms. The van der Waals surface area contributed by atoms with Crippen LogP contribution >= 0.6 is 0 Å². The summed E-state index contributed by atoms with van der Waals surface area (Å²) < 4.78 is 11.8. The van der Waals surface area contributed by atoms with E-state index >= 15 is 0 Å². The van der Waals surface area contributed by atoms with Crippen LogP contribution in [0.25, 0.3) is 11.1 Å². The van der Waals surface area contributed by atoms with E-state index in [4.69, 9.17) is 9.47 Å². The molecule has 1 aromatic heterocycles. The Morgan fingerprint density at radius 1 is 0.902 bits per heavy atom. The van der Waals surface area contributed by atoms with Crippen molar-refractivity contribution in [2.45, 2.75) is 97.9 Å². The maximum atomic E-state index is 14.1. The second kappa shape index (κ2) is 14.6. The summed E-state index contributed by atoms with van der Waals surface area (Å²) in [5.74, 6) is 0.632. The number of amides is 3. The largest absolute Gasteiger partial charge is 0.478 e. The van der Waals surface area contributed by atoms with E-state index in [0.29, 0.717) is 51.1 Å². The predicted molar refractivity (Wildman–Crippen MR) is 198 cm³/mol. The number of hydrogen-bond acceptors (Lipinski definition) is 7. The van der Waals surface area contributed by atoms with Crippen LogP contribution in [0.15, 0.2) is 48.5 Å². The molecule has 3 aliphatic rings. The van der Waals surface area contributed by atoms with Gasteiger partial charge in [-0.2, -0.15) is 5.10 Å². The Labute approximate surface area is 302 Å². The lowest BCUT2D eigenvalue weighted by Crippen LogP contribution is -2.57. The van der Waals surface area contributed by atoms with E-state index in [1.807, 2.05) is 58.9 Å².